The number of aryl methyl sites for hydroxylation is 1. The third-order valence-electron chi connectivity index (χ3n) is 17.7. The second-order valence-electron chi connectivity index (χ2n) is 27.8. The molecule has 713 valence electrons. The summed E-state index contributed by atoms with van der Waals surface area (Å²) in [6.07, 6.45) is 4.03. The number of hydrogen-bond donors (Lipinski definition) is 18. The molecule has 2 aromatic rings. The van der Waals surface area contributed by atoms with E-state index in [1.54, 1.807) is 31.9 Å². The summed E-state index contributed by atoms with van der Waals surface area (Å²) < 4.78 is 44.1. The monoisotopic (exact) mass is 1930 g/mol. The topological polar surface area (TPSA) is 727 Å². The van der Waals surface area contributed by atoms with Gasteiger partial charge in [0.2, 0.25) is 23.5 Å². The van der Waals surface area contributed by atoms with Crippen LogP contribution in [-0.4, -0.2) is 353 Å². The number of aliphatic imine (C=N–C) groups is 1. The Morgan fingerprint density at radius 2 is 1.00 bits per heavy atom. The molecular weight excluding hydrogens is 1810 g/mol. The Balaban J connectivity index is -0.0000378. The van der Waals surface area contributed by atoms with E-state index in [4.69, 9.17) is 44.7 Å². The van der Waals surface area contributed by atoms with Crippen molar-refractivity contribution in [3.63, 3.8) is 0 Å². The van der Waals surface area contributed by atoms with E-state index >= 15 is 0 Å². The van der Waals surface area contributed by atoms with Gasteiger partial charge in [0.05, 0.1) is 104 Å². The number of nitrogens with two attached hydrogens (primary N) is 2. The van der Waals surface area contributed by atoms with E-state index in [0.717, 1.165) is 14.7 Å². The van der Waals surface area contributed by atoms with Crippen LogP contribution in [0.25, 0.3) is 0 Å². The molecule has 0 saturated carbocycles. The van der Waals surface area contributed by atoms with Crippen LogP contribution in [0, 0.1) is 5.41 Å². The Bertz CT molecular complexity index is 3560. The number of hydrogen-bond acceptors (Lipinski definition) is 34. The van der Waals surface area contributed by atoms with Gasteiger partial charge in [-0.15, -0.1) is 5.10 Å². The molecule has 0 aliphatic rings. The van der Waals surface area contributed by atoms with Crippen LogP contribution in [0.3, 0.4) is 0 Å². The number of ether oxygens (including phenoxy) is 7. The van der Waals surface area contributed by atoms with Crippen LogP contribution in [0.5, 0.6) is 17.2 Å². The molecule has 0 spiro atoms. The Hall–Kier alpha value is -10.2. The van der Waals surface area contributed by atoms with Gasteiger partial charge in [0.15, 0.2) is 11.5 Å². The van der Waals surface area contributed by atoms with Crippen molar-refractivity contribution in [2.75, 3.05) is 152 Å². The Morgan fingerprint density at radius 3 is 1.43 bits per heavy atom. The zero-order valence-corrected chi connectivity index (χ0v) is 73.6. The Labute approximate surface area is 757 Å². The second-order valence-corrected chi connectivity index (χ2v) is 27.8. The molecule has 1 heterocycles. The summed E-state index contributed by atoms with van der Waals surface area (Å²) in [5.74, 6) is -10.7. The van der Waals surface area contributed by atoms with Crippen LogP contribution in [0.15, 0.2) is 40.3 Å². The maximum absolute atomic E-state index is 14.3. The van der Waals surface area contributed by atoms with Gasteiger partial charge in [-0.05, 0) is 84.4 Å². The summed E-state index contributed by atoms with van der Waals surface area (Å²) >= 11 is 0. The van der Waals surface area contributed by atoms with Crippen molar-refractivity contribution in [2.24, 2.45) is 27.1 Å². The number of Topliss-reactive ketones (excluding diaryl/α,β-unsaturated/α-hetero) is 2. The van der Waals surface area contributed by atoms with Gasteiger partial charge in [-0.3, -0.25) is 96.3 Å². The van der Waals surface area contributed by atoms with Gasteiger partial charge in [-0.1, -0.05) is 18.1 Å². The maximum Gasteiger partial charge on any atom is 3.00 e. The number of unbranched alkanes of at least 4 members (excludes halogenated alkanes) is 4. The molecule has 0 bridgehead atoms. The molecule has 1 aromatic heterocycles. The zero-order chi connectivity index (χ0) is 91.0. The van der Waals surface area contributed by atoms with Gasteiger partial charge >= 0.3 is 103 Å². The van der Waals surface area contributed by atoms with Crippen molar-refractivity contribution >= 4 is 101 Å². The average Bonchev–Trinajstić information content (AvgIpc) is 0.938. The van der Waals surface area contributed by atoms with E-state index in [0.29, 0.717) is 25.2 Å². The van der Waals surface area contributed by atoms with Crippen LogP contribution in [0.2, 0.25) is 0 Å². The Morgan fingerprint density at radius 1 is 0.548 bits per heavy atom. The third kappa shape index (κ3) is 52.7. The molecule has 0 aliphatic heterocycles. The molecule has 4 atom stereocenters. The number of hydrazone groups is 1. The number of carbonyl (C=O) groups excluding carboxylic acids is 6. The van der Waals surface area contributed by atoms with Crippen LogP contribution in [-0.2, 0) is 149 Å². The zero-order valence-electron chi connectivity index (χ0n) is 70.7. The van der Waals surface area contributed by atoms with Crippen LogP contribution < -0.4 is 63.8 Å². The van der Waals surface area contributed by atoms with E-state index in [9.17, 15) is 118 Å². The number of carboxylic acid groups (broad SMARTS) is 9. The van der Waals surface area contributed by atoms with Crippen molar-refractivity contribution in [2.45, 2.75) is 154 Å². The number of aliphatic carboxylic acids is 9. The first-order chi connectivity index (χ1) is 58.1. The molecular formula is C75H121N17Ni3O31+9. The summed E-state index contributed by atoms with van der Waals surface area (Å²) in [6.45, 7) is -3.67. The maximum atomic E-state index is 14.3. The number of rotatable bonds is 75. The van der Waals surface area contributed by atoms with Gasteiger partial charge in [-0.25, -0.2) is 0 Å². The van der Waals surface area contributed by atoms with Gasteiger partial charge in [0.1, 0.15) is 67.0 Å². The number of carboxylic acids is 9. The van der Waals surface area contributed by atoms with Crippen LogP contribution in [0.4, 0.5) is 0 Å². The van der Waals surface area contributed by atoms with E-state index in [1.807, 2.05) is 6.92 Å². The predicted molar refractivity (Wildman–Crippen MR) is 433 cm³/mol. The number of amides is 4. The molecule has 0 fully saturated rings. The van der Waals surface area contributed by atoms with Crippen molar-refractivity contribution in [3.05, 3.63) is 41.5 Å². The van der Waals surface area contributed by atoms with Crippen molar-refractivity contribution < 1.29 is 201 Å². The molecule has 4 amide bonds. The number of likely N-dealkylation sites (N-methyl/N-ethyl adjacent to an activating group) is 1. The average molecular weight is 1930 g/mol. The number of ketones is 2. The fourth-order valence-corrected chi connectivity index (χ4v) is 11.9. The molecule has 0 saturated heterocycles. The van der Waals surface area contributed by atoms with Crippen LogP contribution >= 0.6 is 0 Å². The number of aromatic nitrogens is 3. The summed E-state index contributed by atoms with van der Waals surface area (Å²) in [7, 11) is 3.19. The van der Waals surface area contributed by atoms with E-state index < -0.39 is 158 Å². The molecule has 3 radical (unpaired) electrons. The van der Waals surface area contributed by atoms with Crippen LogP contribution in [0.1, 0.15) is 133 Å². The summed E-state index contributed by atoms with van der Waals surface area (Å²) in [5, 5.41) is 113. The van der Waals surface area contributed by atoms with Gasteiger partial charge in [-0.2, -0.15) is 5.10 Å². The van der Waals surface area contributed by atoms with Gasteiger partial charge in [0.25, 0.3) is 5.91 Å². The van der Waals surface area contributed by atoms with Gasteiger partial charge < -0.3 is 129 Å². The first-order valence-corrected chi connectivity index (χ1v) is 39.3. The number of nitrogens with zero attached hydrogens (tertiary/aromatic N) is 8. The van der Waals surface area contributed by atoms with E-state index in [-0.39, 0.29) is 284 Å². The first kappa shape index (κ1) is 120. The van der Waals surface area contributed by atoms with Crippen molar-refractivity contribution in [1.82, 2.24) is 67.7 Å². The molecule has 51 heteroatoms. The molecule has 22 N–H and O–H groups in total. The molecule has 126 heavy (non-hydrogen) atoms. The van der Waals surface area contributed by atoms with Crippen molar-refractivity contribution in [3.8, 4) is 17.2 Å². The van der Waals surface area contributed by atoms with E-state index in [1.165, 1.54) is 24.5 Å². The standard InChI is InChI=1S/C75H118N16O31.H3N.3Ni/c1-5-80-34-51(85-77)44-120-59-30-49(31-60(69(59)122-43-50(76)33-78-3)121-45-52-36-91(6-2)87-86-52)70(108)84-55(35-79-4)71(109)83-24-29-116-25-19-54(93)32-75(46-117-26-18-53(92)14-8-7-9-15-56(72(110)111)88(37-63(96)97)38-64(98)99,47-118-27-20-61(94)81-22-12-10-16-57(73(112)113)89(39-65(100)101)40-66(102)103)48-119-28-21-62(95)82-23-13-11-17-58(74(114)115)90(41-67(104)105)42-68(106)107;;;;/h30-31,33-34,36,55-58,78-79H,5-29,32,35,37-48,76-77H2,1-4H3,(H,81,94)(H,82,95)(H,83,109)(H,84,108)(H,96,97)(H,98,99)(H,100,101)(H,102,103)(H,104,105)(H,106,107)(H,110,111)(H,112,113)(H,114,115);1H3;;;/q;;3*+3/b50-33-,80-34?,85-51?;;;;. The molecule has 48 nitrogen and oxygen atoms in total. The number of nitrogens with one attached hydrogen (secondary N) is 6. The molecule has 0 aliphatic carbocycles. The number of carbonyl (C=O) groups is 15. The van der Waals surface area contributed by atoms with Gasteiger partial charge in [0, 0.05) is 108 Å². The summed E-state index contributed by atoms with van der Waals surface area (Å²) in [5.41, 5.74) is 5.55. The fraction of sp³-hybridized carbons (Fsp3) is 0.640. The minimum absolute atomic E-state index is 0. The molecule has 1 aromatic carbocycles. The largest absolute Gasteiger partial charge is 3.00 e. The minimum atomic E-state index is -1.47. The smallest absolute Gasteiger partial charge is 0.483 e. The Kier molecular flexibility index (Phi) is 65.7. The molecule has 2 rings (SSSR count). The molecule has 4 unspecified atom stereocenters. The quantitative estimate of drug-likeness (QED) is 0.0113. The normalized spacial score (nSPS) is 12.7. The fourth-order valence-electron chi connectivity index (χ4n) is 11.9. The first-order valence-electron chi connectivity index (χ1n) is 39.3. The summed E-state index contributed by atoms with van der Waals surface area (Å²) in [6, 6.07) is -2.89. The minimum Gasteiger partial charge on any atom is -0.483 e. The van der Waals surface area contributed by atoms with E-state index in [2.05, 4.69) is 52.3 Å². The third-order valence-corrected chi connectivity index (χ3v) is 17.7. The predicted octanol–water partition coefficient (Wildman–Crippen LogP) is -1.91. The second kappa shape index (κ2) is 69.0. The SMILES string of the molecule is CCN=CC(COc1cc(C(=O)NC(CNC)C(=O)NCCOCCC(=O)CC(COCCC(=O)CCCCCC(C(=O)O)N(CC(=O)O)CC(=O)O)(COCCC(=O)NCCCCC(C(=O)O)N(CC(=O)O)CC(=O)O)COCCC(=O)NCCCCC(C(=O)O)N(CC(=O)O)CC(=O)O)cc(OCc2cn(CC)nn2)c1OC/C(N)=C/NC)=NN.N.[Ni+3].[Ni+3].[Ni+3]. The number of benzene rings is 1. The summed E-state index contributed by atoms with van der Waals surface area (Å²) in [4.78, 5) is 193. The van der Waals surface area contributed by atoms with Crippen molar-refractivity contribution in [1.29, 1.82) is 0 Å².